The lowest BCUT2D eigenvalue weighted by Crippen LogP contribution is -2.22. The van der Waals surface area contributed by atoms with Crippen LogP contribution < -0.4 is 4.90 Å². The summed E-state index contributed by atoms with van der Waals surface area (Å²) in [7, 11) is 3.12. The second-order valence-corrected chi connectivity index (χ2v) is 3.98. The molecule has 0 N–H and O–H groups in total. The molecule has 98 valence electrons. The van der Waals surface area contributed by atoms with Crippen LogP contribution in [0.5, 0.6) is 0 Å². The van der Waals surface area contributed by atoms with Crippen molar-refractivity contribution in [2.75, 3.05) is 25.6 Å². The van der Waals surface area contributed by atoms with Gasteiger partial charge in [0.2, 0.25) is 0 Å². The van der Waals surface area contributed by atoms with Crippen molar-refractivity contribution in [3.63, 3.8) is 0 Å². The quantitative estimate of drug-likeness (QED) is 0.454. The Bertz CT molecular complexity index is 459. The second-order valence-electron chi connectivity index (χ2n) is 3.98. The molecule has 0 radical (unpaired) electrons. The van der Waals surface area contributed by atoms with E-state index in [1.165, 1.54) is 19.2 Å². The minimum atomic E-state index is -0.433. The Morgan fingerprint density at radius 2 is 2.17 bits per heavy atom. The molecule has 0 saturated carbocycles. The lowest BCUT2D eigenvalue weighted by molar-refractivity contribution is -0.384. The molecular formula is C12H16N2O4. The highest BCUT2D eigenvalue weighted by Crippen LogP contribution is 2.24. The van der Waals surface area contributed by atoms with Crippen molar-refractivity contribution >= 4 is 17.3 Å². The van der Waals surface area contributed by atoms with Gasteiger partial charge in [-0.25, -0.2) is 0 Å². The number of nitrogens with zero attached hydrogens (tertiary/aromatic N) is 2. The molecule has 0 amide bonds. The fourth-order valence-corrected chi connectivity index (χ4v) is 1.60. The number of benzene rings is 1. The lowest BCUT2D eigenvalue weighted by Gasteiger charge is -2.20. The Balaban J connectivity index is 2.84. The van der Waals surface area contributed by atoms with Crippen molar-refractivity contribution in [3.05, 3.63) is 33.9 Å². The molecule has 0 unspecified atom stereocenters. The molecule has 0 aliphatic carbocycles. The number of non-ortho nitro benzene ring substituents is 1. The van der Waals surface area contributed by atoms with Gasteiger partial charge in [-0.3, -0.25) is 14.9 Å². The fraction of sp³-hybridized carbons (Fsp3) is 0.417. The number of nitro groups is 1. The third kappa shape index (κ3) is 3.44. The summed E-state index contributed by atoms with van der Waals surface area (Å²) in [6.07, 6.45) is 0.245. The molecule has 1 rings (SSSR count). The molecule has 0 bridgehead atoms. The minimum absolute atomic E-state index is 0.0421. The van der Waals surface area contributed by atoms with Crippen molar-refractivity contribution in [1.82, 2.24) is 0 Å². The summed E-state index contributed by atoms with van der Waals surface area (Å²) in [5, 5.41) is 10.7. The minimum Gasteiger partial charge on any atom is -0.469 e. The SMILES string of the molecule is COC(=O)CCN(C)c1cc([N+](=O)[O-])ccc1C. The second kappa shape index (κ2) is 6.00. The first-order valence-corrected chi connectivity index (χ1v) is 5.48. The predicted molar refractivity (Wildman–Crippen MR) is 67.7 cm³/mol. The van der Waals surface area contributed by atoms with Crippen molar-refractivity contribution in [2.45, 2.75) is 13.3 Å². The van der Waals surface area contributed by atoms with Crippen molar-refractivity contribution in [2.24, 2.45) is 0 Å². The zero-order valence-electron chi connectivity index (χ0n) is 10.7. The van der Waals surface area contributed by atoms with Crippen LogP contribution in [0, 0.1) is 17.0 Å². The topological polar surface area (TPSA) is 72.7 Å². The molecule has 0 atom stereocenters. The van der Waals surface area contributed by atoms with Crippen molar-refractivity contribution in [1.29, 1.82) is 0 Å². The van der Waals surface area contributed by atoms with Crippen LogP contribution in [0.2, 0.25) is 0 Å². The Labute approximate surface area is 105 Å². The van der Waals surface area contributed by atoms with Gasteiger partial charge in [0.1, 0.15) is 0 Å². The van der Waals surface area contributed by atoms with Crippen LogP contribution in [-0.2, 0) is 9.53 Å². The summed E-state index contributed by atoms with van der Waals surface area (Å²) in [5.41, 5.74) is 1.71. The van der Waals surface area contributed by atoms with Gasteiger partial charge in [-0.05, 0) is 12.5 Å². The van der Waals surface area contributed by atoms with Crippen LogP contribution in [0.1, 0.15) is 12.0 Å². The first-order valence-electron chi connectivity index (χ1n) is 5.48. The average Bonchev–Trinajstić information content (AvgIpc) is 2.35. The lowest BCUT2D eigenvalue weighted by atomic mass is 10.1. The van der Waals surface area contributed by atoms with Crippen LogP contribution in [0.15, 0.2) is 18.2 Å². The number of methoxy groups -OCH3 is 1. The summed E-state index contributed by atoms with van der Waals surface area (Å²) in [5.74, 6) is -0.301. The number of rotatable bonds is 5. The molecule has 0 heterocycles. The van der Waals surface area contributed by atoms with E-state index in [4.69, 9.17) is 0 Å². The first kappa shape index (κ1) is 14.0. The zero-order valence-corrected chi connectivity index (χ0v) is 10.7. The number of aryl methyl sites for hydroxylation is 1. The molecule has 0 spiro atoms. The molecule has 0 aliphatic heterocycles. The molecule has 0 aromatic heterocycles. The maximum Gasteiger partial charge on any atom is 0.307 e. The molecular weight excluding hydrogens is 236 g/mol. The van der Waals surface area contributed by atoms with E-state index >= 15 is 0 Å². The molecule has 0 saturated heterocycles. The van der Waals surface area contributed by atoms with Crippen LogP contribution in [0.3, 0.4) is 0 Å². The van der Waals surface area contributed by atoms with Crippen molar-refractivity contribution < 1.29 is 14.5 Å². The Hall–Kier alpha value is -2.11. The van der Waals surface area contributed by atoms with Gasteiger partial charge in [0, 0.05) is 31.4 Å². The number of carbonyl (C=O) groups excluding carboxylic acids is 1. The number of nitro benzene ring substituents is 1. The molecule has 1 aromatic carbocycles. The van der Waals surface area contributed by atoms with E-state index in [1.54, 1.807) is 18.0 Å². The molecule has 0 fully saturated rings. The summed E-state index contributed by atoms with van der Waals surface area (Å²) < 4.78 is 4.55. The van der Waals surface area contributed by atoms with Crippen LogP contribution in [-0.4, -0.2) is 31.6 Å². The number of carbonyl (C=O) groups is 1. The average molecular weight is 252 g/mol. The third-order valence-electron chi connectivity index (χ3n) is 2.69. The smallest absolute Gasteiger partial charge is 0.307 e. The number of hydrogen-bond donors (Lipinski definition) is 0. The van der Waals surface area contributed by atoms with Gasteiger partial charge in [0.05, 0.1) is 18.5 Å². The zero-order chi connectivity index (χ0) is 13.7. The monoisotopic (exact) mass is 252 g/mol. The third-order valence-corrected chi connectivity index (χ3v) is 2.69. The summed E-state index contributed by atoms with van der Waals surface area (Å²) in [6.45, 7) is 2.32. The summed E-state index contributed by atoms with van der Waals surface area (Å²) >= 11 is 0. The van der Waals surface area contributed by atoms with Gasteiger partial charge >= 0.3 is 5.97 Å². The normalized spacial score (nSPS) is 9.94. The number of ether oxygens (including phenoxy) is 1. The molecule has 1 aromatic rings. The Morgan fingerprint density at radius 1 is 1.50 bits per heavy atom. The van der Waals surface area contributed by atoms with E-state index in [0.29, 0.717) is 6.54 Å². The van der Waals surface area contributed by atoms with Crippen LogP contribution in [0.4, 0.5) is 11.4 Å². The summed E-state index contributed by atoms with van der Waals surface area (Å²) in [6, 6.07) is 4.67. The van der Waals surface area contributed by atoms with E-state index in [1.807, 2.05) is 6.92 Å². The molecule has 6 nitrogen and oxygen atoms in total. The largest absolute Gasteiger partial charge is 0.469 e. The van der Waals surface area contributed by atoms with Gasteiger partial charge in [-0.15, -0.1) is 0 Å². The van der Waals surface area contributed by atoms with Crippen LogP contribution >= 0.6 is 0 Å². The van der Waals surface area contributed by atoms with Gasteiger partial charge in [0.15, 0.2) is 0 Å². The van der Waals surface area contributed by atoms with E-state index in [9.17, 15) is 14.9 Å². The number of anilines is 1. The van der Waals surface area contributed by atoms with Gasteiger partial charge in [-0.1, -0.05) is 6.07 Å². The van der Waals surface area contributed by atoms with Crippen molar-refractivity contribution in [3.8, 4) is 0 Å². The maximum atomic E-state index is 11.1. The summed E-state index contributed by atoms with van der Waals surface area (Å²) in [4.78, 5) is 23.1. The number of esters is 1. The fourth-order valence-electron chi connectivity index (χ4n) is 1.60. The van der Waals surface area contributed by atoms with Gasteiger partial charge in [0.25, 0.3) is 5.69 Å². The Kier molecular flexibility index (Phi) is 4.65. The standard InChI is InChI=1S/C12H16N2O4/c1-9-4-5-10(14(16)17)8-11(9)13(2)7-6-12(15)18-3/h4-5,8H,6-7H2,1-3H3. The maximum absolute atomic E-state index is 11.1. The molecule has 6 heteroatoms. The van der Waals surface area contributed by atoms with E-state index in [-0.39, 0.29) is 18.1 Å². The highest BCUT2D eigenvalue weighted by molar-refractivity contribution is 5.70. The van der Waals surface area contributed by atoms with E-state index < -0.39 is 4.92 Å². The highest BCUT2D eigenvalue weighted by Gasteiger charge is 2.12. The predicted octanol–water partition coefficient (Wildman–Crippen LogP) is 1.90. The van der Waals surface area contributed by atoms with E-state index in [0.717, 1.165) is 11.3 Å². The van der Waals surface area contributed by atoms with E-state index in [2.05, 4.69) is 4.74 Å². The van der Waals surface area contributed by atoms with Gasteiger partial charge < -0.3 is 9.64 Å². The molecule has 0 aliphatic rings. The Morgan fingerprint density at radius 3 is 2.72 bits per heavy atom. The number of hydrogen-bond acceptors (Lipinski definition) is 5. The van der Waals surface area contributed by atoms with Crippen LogP contribution in [0.25, 0.3) is 0 Å². The van der Waals surface area contributed by atoms with Gasteiger partial charge in [-0.2, -0.15) is 0 Å². The first-order chi connectivity index (χ1) is 8.45. The highest BCUT2D eigenvalue weighted by atomic mass is 16.6. The molecule has 18 heavy (non-hydrogen) atoms.